The van der Waals surface area contributed by atoms with Crippen molar-refractivity contribution in [3.05, 3.63) is 33.9 Å². The first kappa shape index (κ1) is 18.7. The largest absolute Gasteiger partial charge is 0.444 e. The van der Waals surface area contributed by atoms with Gasteiger partial charge >= 0.3 is 6.09 Å². The zero-order valence-corrected chi connectivity index (χ0v) is 14.7. The number of ether oxygens (including phenoxy) is 1. The summed E-state index contributed by atoms with van der Waals surface area (Å²) in [6, 6.07) is 4.35. The van der Waals surface area contributed by atoms with E-state index in [-0.39, 0.29) is 23.4 Å². The van der Waals surface area contributed by atoms with Crippen LogP contribution in [0.25, 0.3) is 0 Å². The van der Waals surface area contributed by atoms with Crippen LogP contribution in [0.4, 0.5) is 16.2 Å². The Kier molecular flexibility index (Phi) is 5.61. The van der Waals surface area contributed by atoms with E-state index in [0.29, 0.717) is 37.9 Å². The lowest BCUT2D eigenvalue weighted by Crippen LogP contribution is -2.44. The van der Waals surface area contributed by atoms with Gasteiger partial charge in [0, 0.05) is 30.8 Å². The zero-order valence-electron chi connectivity index (χ0n) is 14.7. The number of amides is 1. The molecule has 1 fully saturated rings. The molecule has 0 radical (unpaired) electrons. The van der Waals surface area contributed by atoms with Gasteiger partial charge in [-0.25, -0.2) is 4.79 Å². The lowest BCUT2D eigenvalue weighted by atomic mass is 10.0. The molecule has 1 aromatic rings. The number of rotatable bonds is 4. The molecule has 2 rings (SSSR count). The summed E-state index contributed by atoms with van der Waals surface area (Å²) in [5.74, 6) is 0. The normalized spacial score (nSPS) is 15.6. The van der Waals surface area contributed by atoms with Gasteiger partial charge in [-0.3, -0.25) is 14.9 Å². The molecule has 0 atom stereocenters. The fourth-order valence-electron chi connectivity index (χ4n) is 2.65. The molecule has 1 N–H and O–H groups in total. The Morgan fingerprint density at radius 1 is 1.36 bits per heavy atom. The van der Waals surface area contributed by atoms with Crippen molar-refractivity contribution in [2.75, 3.05) is 18.4 Å². The lowest BCUT2D eigenvalue weighted by molar-refractivity contribution is -0.384. The average Bonchev–Trinajstić information content (AvgIpc) is 2.54. The van der Waals surface area contributed by atoms with Crippen LogP contribution in [0.15, 0.2) is 18.2 Å². The van der Waals surface area contributed by atoms with Gasteiger partial charge < -0.3 is 15.0 Å². The molecule has 0 spiro atoms. The maximum absolute atomic E-state index is 12.1. The molecule has 136 valence electrons. The summed E-state index contributed by atoms with van der Waals surface area (Å²) in [5, 5.41) is 14.3. The van der Waals surface area contributed by atoms with Gasteiger partial charge in [0.2, 0.25) is 0 Å². The molecule has 0 bridgehead atoms. The van der Waals surface area contributed by atoms with Crippen LogP contribution in [0.3, 0.4) is 0 Å². The third-order valence-corrected chi connectivity index (χ3v) is 3.86. The molecule has 1 aromatic carbocycles. The van der Waals surface area contributed by atoms with E-state index in [1.165, 1.54) is 12.1 Å². The topological polar surface area (TPSA) is 102 Å². The molecular formula is C17H23N3O5. The summed E-state index contributed by atoms with van der Waals surface area (Å²) in [6.45, 7) is 6.50. The van der Waals surface area contributed by atoms with Crippen molar-refractivity contribution < 1.29 is 19.2 Å². The first-order valence-electron chi connectivity index (χ1n) is 8.17. The summed E-state index contributed by atoms with van der Waals surface area (Å²) >= 11 is 0. The summed E-state index contributed by atoms with van der Waals surface area (Å²) in [7, 11) is 0. The maximum Gasteiger partial charge on any atom is 0.410 e. The van der Waals surface area contributed by atoms with Crippen molar-refractivity contribution in [1.29, 1.82) is 0 Å². The second-order valence-corrected chi connectivity index (χ2v) is 7.04. The summed E-state index contributed by atoms with van der Waals surface area (Å²) in [6.07, 6.45) is 1.56. The van der Waals surface area contributed by atoms with Crippen LogP contribution in [0, 0.1) is 10.1 Å². The van der Waals surface area contributed by atoms with Crippen molar-refractivity contribution in [2.45, 2.75) is 45.3 Å². The van der Waals surface area contributed by atoms with Gasteiger partial charge in [-0.15, -0.1) is 0 Å². The van der Waals surface area contributed by atoms with E-state index in [2.05, 4.69) is 5.32 Å². The van der Waals surface area contributed by atoms with Crippen molar-refractivity contribution in [3.63, 3.8) is 0 Å². The minimum absolute atomic E-state index is 0.0134. The van der Waals surface area contributed by atoms with Crippen LogP contribution in [0.2, 0.25) is 0 Å². The number of nitrogens with zero attached hydrogens (tertiary/aromatic N) is 2. The molecule has 1 aliphatic rings. The van der Waals surface area contributed by atoms with Gasteiger partial charge in [0.25, 0.3) is 5.69 Å². The number of anilines is 1. The van der Waals surface area contributed by atoms with E-state index in [9.17, 15) is 19.7 Å². The highest BCUT2D eigenvalue weighted by atomic mass is 16.6. The zero-order chi connectivity index (χ0) is 18.6. The summed E-state index contributed by atoms with van der Waals surface area (Å²) in [4.78, 5) is 35.2. The second kappa shape index (κ2) is 7.50. The van der Waals surface area contributed by atoms with E-state index < -0.39 is 10.5 Å². The maximum atomic E-state index is 12.1. The number of aldehydes is 1. The molecule has 0 saturated carbocycles. The summed E-state index contributed by atoms with van der Waals surface area (Å²) in [5.41, 5.74) is -0.0184. The van der Waals surface area contributed by atoms with Gasteiger partial charge in [-0.05, 0) is 45.7 Å². The van der Waals surface area contributed by atoms with Crippen LogP contribution < -0.4 is 5.32 Å². The number of carbonyl (C=O) groups excluding carboxylic acids is 2. The number of nitro groups is 1. The fraction of sp³-hybridized carbons (Fsp3) is 0.529. The van der Waals surface area contributed by atoms with Gasteiger partial charge in [-0.2, -0.15) is 0 Å². The predicted octanol–water partition coefficient (Wildman–Crippen LogP) is 3.22. The molecule has 1 heterocycles. The second-order valence-electron chi connectivity index (χ2n) is 7.04. The van der Waals surface area contributed by atoms with Crippen LogP contribution in [0.1, 0.15) is 44.0 Å². The Hall–Kier alpha value is -2.64. The minimum Gasteiger partial charge on any atom is -0.444 e. The monoisotopic (exact) mass is 349 g/mol. The van der Waals surface area contributed by atoms with E-state index >= 15 is 0 Å². The van der Waals surface area contributed by atoms with Crippen LogP contribution >= 0.6 is 0 Å². The predicted molar refractivity (Wildman–Crippen MR) is 92.9 cm³/mol. The Bertz CT molecular complexity index is 661. The van der Waals surface area contributed by atoms with Gasteiger partial charge in [0.15, 0.2) is 0 Å². The molecule has 1 saturated heterocycles. The molecule has 0 aromatic heterocycles. The first-order chi connectivity index (χ1) is 11.7. The number of piperidine rings is 1. The Labute approximate surface area is 146 Å². The number of nitrogens with one attached hydrogen (secondary N) is 1. The number of nitro benzene ring substituents is 1. The van der Waals surface area contributed by atoms with Gasteiger partial charge in [0.05, 0.1) is 4.92 Å². The standard InChI is InChI=1S/C17H23N3O5/c1-17(2,3)25-16(22)19-8-6-13(7-9-19)18-14-5-4-12(11-21)10-15(14)20(23)24/h4-5,10-11,13,18H,6-9H2,1-3H3. The molecule has 8 heteroatoms. The molecule has 0 unspecified atom stereocenters. The van der Waals surface area contributed by atoms with Crippen LogP contribution in [-0.4, -0.2) is 46.9 Å². The summed E-state index contributed by atoms with van der Waals surface area (Å²) < 4.78 is 5.35. The van der Waals surface area contributed by atoms with Gasteiger partial charge in [-0.1, -0.05) is 0 Å². The minimum atomic E-state index is -0.535. The lowest BCUT2D eigenvalue weighted by Gasteiger charge is -2.34. The molecule has 1 aliphatic heterocycles. The molecule has 1 amide bonds. The number of hydrogen-bond donors (Lipinski definition) is 1. The average molecular weight is 349 g/mol. The SMILES string of the molecule is CC(C)(C)OC(=O)N1CCC(Nc2ccc(C=O)cc2[N+](=O)[O-])CC1. The number of hydrogen-bond acceptors (Lipinski definition) is 6. The van der Waals surface area contributed by atoms with Crippen molar-refractivity contribution in [2.24, 2.45) is 0 Å². The Balaban J connectivity index is 1.97. The van der Waals surface area contributed by atoms with Crippen molar-refractivity contribution in [1.82, 2.24) is 4.90 Å². The molecular weight excluding hydrogens is 326 g/mol. The molecule has 8 nitrogen and oxygen atoms in total. The van der Waals surface area contributed by atoms with E-state index in [1.54, 1.807) is 11.0 Å². The van der Waals surface area contributed by atoms with E-state index in [4.69, 9.17) is 4.74 Å². The number of benzene rings is 1. The number of carbonyl (C=O) groups is 2. The highest BCUT2D eigenvalue weighted by Gasteiger charge is 2.27. The smallest absolute Gasteiger partial charge is 0.410 e. The highest BCUT2D eigenvalue weighted by molar-refractivity contribution is 5.79. The van der Waals surface area contributed by atoms with E-state index in [0.717, 1.165) is 0 Å². The van der Waals surface area contributed by atoms with Crippen LogP contribution in [-0.2, 0) is 4.74 Å². The van der Waals surface area contributed by atoms with Crippen molar-refractivity contribution in [3.8, 4) is 0 Å². The highest BCUT2D eigenvalue weighted by Crippen LogP contribution is 2.27. The van der Waals surface area contributed by atoms with Gasteiger partial charge in [0.1, 0.15) is 17.6 Å². The third kappa shape index (κ3) is 5.17. The first-order valence-corrected chi connectivity index (χ1v) is 8.17. The third-order valence-electron chi connectivity index (χ3n) is 3.86. The Morgan fingerprint density at radius 2 is 2.00 bits per heavy atom. The number of likely N-dealkylation sites (tertiary alicyclic amines) is 1. The molecule has 25 heavy (non-hydrogen) atoms. The van der Waals surface area contributed by atoms with Crippen molar-refractivity contribution >= 4 is 23.8 Å². The molecule has 0 aliphatic carbocycles. The quantitative estimate of drug-likeness (QED) is 0.509. The van der Waals surface area contributed by atoms with E-state index in [1.807, 2.05) is 20.8 Å². The Morgan fingerprint density at radius 3 is 2.52 bits per heavy atom. The fourth-order valence-corrected chi connectivity index (χ4v) is 2.65. The van der Waals surface area contributed by atoms with Crippen LogP contribution in [0.5, 0.6) is 0 Å².